The lowest BCUT2D eigenvalue weighted by Gasteiger charge is -2.30. The van der Waals surface area contributed by atoms with E-state index in [-0.39, 0.29) is 23.6 Å². The maximum Gasteiger partial charge on any atom is 0.472 e. The van der Waals surface area contributed by atoms with Gasteiger partial charge in [-0.1, -0.05) is 23.4 Å². The molecule has 2 unspecified atom stereocenters. The van der Waals surface area contributed by atoms with Crippen LogP contribution in [0.4, 0.5) is 0 Å². The molecule has 2 saturated heterocycles. The Morgan fingerprint density at radius 3 is 2.84 bits per heavy atom. The number of fused-ring (bicyclic) bond motifs is 2. The summed E-state index contributed by atoms with van der Waals surface area (Å²) in [4.78, 5) is 32.7. The number of aliphatic imine (C=N–C) groups is 2. The predicted molar refractivity (Wildman–Crippen MR) is 109 cm³/mol. The van der Waals surface area contributed by atoms with E-state index >= 15 is 0 Å². The van der Waals surface area contributed by atoms with Crippen molar-refractivity contribution in [3.63, 3.8) is 0 Å². The number of hydrogen-bond acceptors (Lipinski definition) is 10. The van der Waals surface area contributed by atoms with Crippen LogP contribution in [0.1, 0.15) is 0 Å². The number of guanidine groups is 1. The Kier molecular flexibility index (Phi) is 5.19. The predicted octanol–water partition coefficient (Wildman–Crippen LogP) is 0.537. The largest absolute Gasteiger partial charge is 0.472 e. The van der Waals surface area contributed by atoms with Crippen molar-refractivity contribution in [2.24, 2.45) is 9.98 Å². The van der Waals surface area contributed by atoms with Gasteiger partial charge in [-0.15, -0.1) is 0 Å². The van der Waals surface area contributed by atoms with Crippen LogP contribution in [0.25, 0.3) is 0 Å². The summed E-state index contributed by atoms with van der Waals surface area (Å²) in [6.07, 6.45) is -4.48. The van der Waals surface area contributed by atoms with Gasteiger partial charge in [0.05, 0.1) is 6.61 Å². The third-order valence-corrected chi connectivity index (χ3v) is 7.13. The molecule has 31 heavy (non-hydrogen) atoms. The summed E-state index contributed by atoms with van der Waals surface area (Å²) >= 11 is 7.12. The zero-order chi connectivity index (χ0) is 21.9. The molecule has 1 aromatic rings. The number of aliphatic hydroxyl groups is 1. The van der Waals surface area contributed by atoms with Gasteiger partial charge in [0.1, 0.15) is 18.3 Å². The van der Waals surface area contributed by atoms with Crippen LogP contribution >= 0.6 is 31.2 Å². The number of nitrogens with zero attached hydrogens (tertiary/aromatic N) is 3. The number of amides is 1. The van der Waals surface area contributed by atoms with Crippen LogP contribution in [0.15, 0.2) is 39.1 Å². The molecule has 4 N–H and O–H groups in total. The molecule has 4 aliphatic rings. The number of phosphoric ester groups is 1. The number of benzene rings is 1. The number of phosphoric acid groups is 1. The SMILES string of the molecule is N=C1N=C2C(N=C(Sc3ccc(Cl)cc3)N2[C@@H]2O[C@@H]3COP(=O)(O)O[C@H]3[C@H]2O)C(=O)N1. The van der Waals surface area contributed by atoms with E-state index in [4.69, 9.17) is 30.8 Å². The summed E-state index contributed by atoms with van der Waals surface area (Å²) in [5, 5.41) is 21.8. The highest BCUT2D eigenvalue weighted by atomic mass is 35.5. The van der Waals surface area contributed by atoms with Crippen LogP contribution < -0.4 is 5.32 Å². The minimum atomic E-state index is -4.31. The monoisotopic (exact) mass is 487 g/mol. The topological polar surface area (TPSA) is 166 Å². The molecule has 12 nitrogen and oxygen atoms in total. The van der Waals surface area contributed by atoms with E-state index in [9.17, 15) is 19.4 Å². The van der Waals surface area contributed by atoms with E-state index < -0.39 is 44.3 Å². The number of amidine groups is 2. The van der Waals surface area contributed by atoms with Crippen molar-refractivity contribution in [1.29, 1.82) is 5.41 Å². The van der Waals surface area contributed by atoms with Gasteiger partial charge < -0.3 is 14.7 Å². The molecule has 0 aliphatic carbocycles. The number of thioether (sulfide) groups is 1. The third-order valence-electron chi connectivity index (χ3n) is 4.90. The number of halogens is 1. The minimum absolute atomic E-state index is 0.0982. The number of rotatable bonds is 2. The van der Waals surface area contributed by atoms with Crippen LogP contribution in [-0.4, -0.2) is 75.0 Å². The number of nitrogens with one attached hydrogen (secondary N) is 2. The van der Waals surface area contributed by atoms with Crippen LogP contribution in [-0.2, 0) is 23.1 Å². The lowest BCUT2D eigenvalue weighted by Crippen LogP contribution is -2.54. The molecule has 0 radical (unpaired) electrons. The van der Waals surface area contributed by atoms with Crippen molar-refractivity contribution in [3.05, 3.63) is 29.3 Å². The van der Waals surface area contributed by atoms with Crippen molar-refractivity contribution < 1.29 is 33.1 Å². The number of aliphatic hydroxyl groups excluding tert-OH is 1. The van der Waals surface area contributed by atoms with Gasteiger partial charge in [0.15, 0.2) is 23.3 Å². The lowest BCUT2D eigenvalue weighted by molar-refractivity contribution is -0.119. The molecule has 0 saturated carbocycles. The highest BCUT2D eigenvalue weighted by Crippen LogP contribution is 2.52. The summed E-state index contributed by atoms with van der Waals surface area (Å²) in [6, 6.07) is 5.85. The fraction of sp³-hybridized carbons (Fsp3) is 0.375. The Hall–Kier alpha value is -1.83. The molecule has 0 spiro atoms. The maximum absolute atomic E-state index is 12.4. The second-order valence-electron chi connectivity index (χ2n) is 6.94. The van der Waals surface area contributed by atoms with Gasteiger partial charge in [-0.2, -0.15) is 4.99 Å². The molecule has 4 aliphatic heterocycles. The molecule has 0 aromatic heterocycles. The van der Waals surface area contributed by atoms with E-state index in [1.807, 2.05) is 0 Å². The summed E-state index contributed by atoms with van der Waals surface area (Å²) in [6.45, 7) is -0.261. The molecule has 15 heteroatoms. The molecule has 0 bridgehead atoms. The van der Waals surface area contributed by atoms with Gasteiger partial charge >= 0.3 is 7.82 Å². The second kappa shape index (κ2) is 7.64. The van der Waals surface area contributed by atoms with Crippen molar-refractivity contribution in [2.45, 2.75) is 35.5 Å². The molecule has 164 valence electrons. The Labute approximate surface area is 184 Å². The number of carbonyl (C=O) groups is 1. The van der Waals surface area contributed by atoms with Crippen LogP contribution in [0.3, 0.4) is 0 Å². The van der Waals surface area contributed by atoms with E-state index in [1.165, 1.54) is 16.7 Å². The van der Waals surface area contributed by atoms with E-state index in [0.717, 1.165) is 4.90 Å². The standard InChI is InChI=1S/C16H15ClN5O7PS/c17-6-1-3-7(4-2-6)31-16-19-9-12(20-15(18)21-13(9)24)22(16)14-10(23)11-8(28-14)5-27-30(25,26)29-11/h1-4,8-11,14,23H,5H2,(H,25,26)(H2,18,21,24)/t8-,9?,10-,11-,14-/m1/s1. The first kappa shape index (κ1) is 21.0. The third kappa shape index (κ3) is 3.81. The van der Waals surface area contributed by atoms with Gasteiger partial charge in [-0.05, 0) is 24.3 Å². The quantitative estimate of drug-likeness (QED) is 0.435. The lowest BCUT2D eigenvalue weighted by atomic mass is 10.1. The van der Waals surface area contributed by atoms with Gasteiger partial charge in [-0.25, -0.2) is 9.56 Å². The molecule has 1 aromatic carbocycles. The number of carbonyl (C=O) groups excluding carboxylic acids is 1. The Bertz CT molecular complexity index is 1070. The summed E-state index contributed by atoms with van der Waals surface area (Å²) in [7, 11) is -4.31. The Morgan fingerprint density at radius 2 is 2.10 bits per heavy atom. The minimum Gasteiger partial charge on any atom is -0.386 e. The highest BCUT2D eigenvalue weighted by Gasteiger charge is 2.57. The van der Waals surface area contributed by atoms with E-state index in [2.05, 4.69) is 15.3 Å². The van der Waals surface area contributed by atoms with Crippen molar-refractivity contribution in [2.75, 3.05) is 6.61 Å². The first-order chi connectivity index (χ1) is 14.7. The second-order valence-corrected chi connectivity index (χ2v) is 9.82. The zero-order valence-electron chi connectivity index (χ0n) is 15.4. The van der Waals surface area contributed by atoms with Gasteiger partial charge in [-0.3, -0.25) is 29.5 Å². The summed E-state index contributed by atoms with van der Waals surface area (Å²) in [5.74, 6) is -0.824. The summed E-state index contributed by atoms with van der Waals surface area (Å²) < 4.78 is 27.4. The first-order valence-corrected chi connectivity index (χ1v) is 11.7. The van der Waals surface area contributed by atoms with E-state index in [0.29, 0.717) is 5.02 Å². The van der Waals surface area contributed by atoms with Gasteiger partial charge in [0.25, 0.3) is 5.91 Å². The molecular weight excluding hydrogens is 473 g/mol. The van der Waals surface area contributed by atoms with Gasteiger partial charge in [0, 0.05) is 9.92 Å². The van der Waals surface area contributed by atoms with Gasteiger partial charge in [0.2, 0.25) is 5.96 Å². The normalized spacial score (nSPS) is 37.1. The van der Waals surface area contributed by atoms with Crippen molar-refractivity contribution in [1.82, 2.24) is 10.2 Å². The summed E-state index contributed by atoms with van der Waals surface area (Å²) in [5.41, 5.74) is 0. The smallest absolute Gasteiger partial charge is 0.386 e. The van der Waals surface area contributed by atoms with Crippen LogP contribution in [0, 0.1) is 5.41 Å². The highest BCUT2D eigenvalue weighted by molar-refractivity contribution is 8.13. The molecule has 4 heterocycles. The van der Waals surface area contributed by atoms with Crippen molar-refractivity contribution in [3.8, 4) is 0 Å². The fourth-order valence-corrected chi connectivity index (χ4v) is 5.58. The first-order valence-electron chi connectivity index (χ1n) is 8.99. The molecule has 1 amide bonds. The zero-order valence-corrected chi connectivity index (χ0v) is 17.9. The Balaban J connectivity index is 1.50. The molecule has 5 rings (SSSR count). The number of ether oxygens (including phenoxy) is 1. The number of hydrogen-bond donors (Lipinski definition) is 4. The molecule has 6 atom stereocenters. The Morgan fingerprint density at radius 1 is 1.35 bits per heavy atom. The molecule has 2 fully saturated rings. The van der Waals surface area contributed by atoms with E-state index in [1.54, 1.807) is 24.3 Å². The average Bonchev–Trinajstić information content (AvgIpc) is 3.20. The van der Waals surface area contributed by atoms with Crippen molar-refractivity contribution >= 4 is 54.1 Å². The van der Waals surface area contributed by atoms with Crippen LogP contribution in [0.5, 0.6) is 0 Å². The maximum atomic E-state index is 12.4. The van der Waals surface area contributed by atoms with Crippen LogP contribution in [0.2, 0.25) is 5.02 Å². The average molecular weight is 488 g/mol. The fourth-order valence-electron chi connectivity index (χ4n) is 3.55. The molecular formula is C16H15ClN5O7PS.